The second-order valence-corrected chi connectivity index (χ2v) is 8.22. The van der Waals surface area contributed by atoms with E-state index < -0.39 is 0 Å². The molecule has 0 saturated heterocycles. The molecular weight excluding hydrogens is 469 g/mol. The van der Waals surface area contributed by atoms with Gasteiger partial charge in [-0.3, -0.25) is 10.1 Å². The summed E-state index contributed by atoms with van der Waals surface area (Å²) in [7, 11) is 0. The molecular formula is C16H9BrCl3N3OS. The van der Waals surface area contributed by atoms with Crippen LogP contribution in [0.4, 0.5) is 5.13 Å². The number of nitrogens with one attached hydrogen (secondary N) is 1. The van der Waals surface area contributed by atoms with E-state index in [1.165, 1.54) is 17.5 Å². The van der Waals surface area contributed by atoms with Crippen molar-refractivity contribution in [1.82, 2.24) is 9.97 Å². The van der Waals surface area contributed by atoms with E-state index in [1.54, 1.807) is 24.4 Å². The van der Waals surface area contributed by atoms with Crippen molar-refractivity contribution >= 4 is 73.1 Å². The number of amides is 1. The topological polar surface area (TPSA) is 54.9 Å². The number of benzene rings is 1. The van der Waals surface area contributed by atoms with Gasteiger partial charge in [0.25, 0.3) is 5.91 Å². The molecule has 2 heterocycles. The maximum atomic E-state index is 12.3. The number of aromatic nitrogens is 2. The van der Waals surface area contributed by atoms with Crippen molar-refractivity contribution in [1.29, 1.82) is 0 Å². The average Bonchev–Trinajstić information content (AvgIpc) is 3.00. The van der Waals surface area contributed by atoms with Gasteiger partial charge in [-0.2, -0.15) is 0 Å². The van der Waals surface area contributed by atoms with Gasteiger partial charge in [-0.05, 0) is 45.8 Å². The van der Waals surface area contributed by atoms with Crippen LogP contribution in [-0.4, -0.2) is 15.9 Å². The van der Waals surface area contributed by atoms with E-state index in [1.807, 2.05) is 6.07 Å². The first-order valence-corrected chi connectivity index (χ1v) is 9.68. The van der Waals surface area contributed by atoms with Gasteiger partial charge in [0, 0.05) is 38.2 Å². The monoisotopic (exact) mass is 475 g/mol. The summed E-state index contributed by atoms with van der Waals surface area (Å²) >= 11 is 22.8. The Morgan fingerprint density at radius 1 is 1.16 bits per heavy atom. The summed E-state index contributed by atoms with van der Waals surface area (Å²) in [6.07, 6.45) is 3.79. The van der Waals surface area contributed by atoms with Crippen LogP contribution in [-0.2, 0) is 6.42 Å². The predicted octanol–water partition coefficient (Wildman–Crippen LogP) is 6.10. The Bertz CT molecular complexity index is 948. The molecule has 0 fully saturated rings. The number of thiazole rings is 1. The molecule has 2 aromatic heterocycles. The minimum absolute atomic E-state index is 0.128. The highest BCUT2D eigenvalue weighted by Crippen LogP contribution is 2.27. The van der Waals surface area contributed by atoms with Crippen LogP contribution in [0.2, 0.25) is 15.2 Å². The first-order chi connectivity index (χ1) is 11.9. The molecule has 3 aromatic rings. The van der Waals surface area contributed by atoms with E-state index in [2.05, 4.69) is 31.2 Å². The summed E-state index contributed by atoms with van der Waals surface area (Å²) in [5.41, 5.74) is 1.17. The van der Waals surface area contributed by atoms with E-state index in [-0.39, 0.29) is 16.6 Å². The first-order valence-electron chi connectivity index (χ1n) is 6.93. The quantitative estimate of drug-likeness (QED) is 0.462. The number of carbonyl (C=O) groups excluding carboxylic acids is 1. The van der Waals surface area contributed by atoms with Crippen molar-refractivity contribution in [3.8, 4) is 0 Å². The van der Waals surface area contributed by atoms with Gasteiger partial charge in [0.15, 0.2) is 5.13 Å². The Hall–Kier alpha value is -1.18. The maximum Gasteiger partial charge on any atom is 0.260 e. The smallest absolute Gasteiger partial charge is 0.260 e. The van der Waals surface area contributed by atoms with Crippen LogP contribution >= 0.6 is 62.1 Å². The molecule has 4 nitrogen and oxygen atoms in total. The van der Waals surface area contributed by atoms with Crippen molar-refractivity contribution in [3.05, 3.63) is 72.3 Å². The van der Waals surface area contributed by atoms with Gasteiger partial charge in [-0.15, -0.1) is 11.3 Å². The fourth-order valence-electron chi connectivity index (χ4n) is 2.06. The zero-order chi connectivity index (χ0) is 18.0. The van der Waals surface area contributed by atoms with Gasteiger partial charge in [0.2, 0.25) is 0 Å². The molecule has 128 valence electrons. The van der Waals surface area contributed by atoms with Crippen molar-refractivity contribution in [3.63, 3.8) is 0 Å². The lowest BCUT2D eigenvalue weighted by molar-refractivity contribution is 0.102. The Morgan fingerprint density at radius 3 is 2.76 bits per heavy atom. The standard InChI is InChI=1S/C16H9BrCl3N3OS/c17-9-5-12(14(20)21-6-9)15(24)23-16-22-7-11(25-16)4-8-3-10(18)1-2-13(8)19/h1-3,5-7H,4H2,(H,22,23,24). The third kappa shape index (κ3) is 4.71. The molecule has 0 unspecified atom stereocenters. The summed E-state index contributed by atoms with van der Waals surface area (Å²) in [4.78, 5) is 21.4. The van der Waals surface area contributed by atoms with E-state index >= 15 is 0 Å². The molecule has 0 aliphatic carbocycles. The van der Waals surface area contributed by atoms with E-state index in [4.69, 9.17) is 34.8 Å². The minimum Gasteiger partial charge on any atom is -0.298 e. The highest BCUT2D eigenvalue weighted by atomic mass is 79.9. The zero-order valence-corrected chi connectivity index (χ0v) is 17.1. The first kappa shape index (κ1) is 18.6. The van der Waals surface area contributed by atoms with Crippen LogP contribution in [0.15, 0.2) is 41.1 Å². The largest absolute Gasteiger partial charge is 0.298 e. The Morgan fingerprint density at radius 2 is 1.96 bits per heavy atom. The van der Waals surface area contributed by atoms with Crippen molar-refractivity contribution in [2.24, 2.45) is 0 Å². The maximum absolute atomic E-state index is 12.3. The van der Waals surface area contributed by atoms with Crippen LogP contribution < -0.4 is 5.32 Å². The van der Waals surface area contributed by atoms with Crippen molar-refractivity contribution < 1.29 is 4.79 Å². The van der Waals surface area contributed by atoms with Crippen LogP contribution in [0.5, 0.6) is 0 Å². The summed E-state index contributed by atoms with van der Waals surface area (Å²) in [5.74, 6) is -0.375. The molecule has 0 radical (unpaired) electrons. The van der Waals surface area contributed by atoms with Gasteiger partial charge >= 0.3 is 0 Å². The number of rotatable bonds is 4. The van der Waals surface area contributed by atoms with Gasteiger partial charge in [0.1, 0.15) is 5.15 Å². The van der Waals surface area contributed by atoms with Crippen molar-refractivity contribution in [2.45, 2.75) is 6.42 Å². The van der Waals surface area contributed by atoms with E-state index in [0.717, 1.165) is 10.4 Å². The molecule has 9 heteroatoms. The summed E-state index contributed by atoms with van der Waals surface area (Å²) in [5, 5.41) is 4.57. The zero-order valence-electron chi connectivity index (χ0n) is 12.4. The van der Waals surface area contributed by atoms with E-state index in [9.17, 15) is 4.79 Å². The number of pyridine rings is 1. The lowest BCUT2D eigenvalue weighted by Crippen LogP contribution is -2.12. The molecule has 3 rings (SSSR count). The third-order valence-corrected chi connectivity index (χ3v) is 5.45. The molecule has 0 spiro atoms. The highest BCUT2D eigenvalue weighted by molar-refractivity contribution is 9.10. The third-order valence-electron chi connectivity index (χ3n) is 3.20. The average molecular weight is 478 g/mol. The second kappa shape index (κ2) is 8.01. The minimum atomic E-state index is -0.375. The van der Waals surface area contributed by atoms with Gasteiger partial charge in [-0.25, -0.2) is 9.97 Å². The molecule has 0 atom stereocenters. The SMILES string of the molecule is O=C(Nc1ncc(Cc2cc(Cl)ccc2Cl)s1)c1cc(Br)cnc1Cl. The van der Waals surface area contributed by atoms with Crippen LogP contribution in [0.1, 0.15) is 20.8 Å². The Kier molecular flexibility index (Phi) is 5.96. The lowest BCUT2D eigenvalue weighted by Gasteiger charge is -2.04. The molecule has 0 saturated carbocycles. The Balaban J connectivity index is 1.74. The molecule has 1 amide bonds. The fraction of sp³-hybridized carbons (Fsp3) is 0.0625. The number of carbonyl (C=O) groups is 1. The Labute approximate surface area is 171 Å². The van der Waals surface area contributed by atoms with E-state index in [0.29, 0.717) is 26.1 Å². The lowest BCUT2D eigenvalue weighted by atomic mass is 10.1. The number of halogens is 4. The normalized spacial score (nSPS) is 10.7. The number of nitrogens with zero attached hydrogens (tertiary/aromatic N) is 2. The molecule has 0 aliphatic rings. The number of hydrogen-bond acceptors (Lipinski definition) is 4. The van der Waals surface area contributed by atoms with Crippen LogP contribution in [0.25, 0.3) is 0 Å². The predicted molar refractivity (Wildman–Crippen MR) is 106 cm³/mol. The molecule has 0 bridgehead atoms. The summed E-state index contributed by atoms with van der Waals surface area (Å²) < 4.78 is 0.664. The van der Waals surface area contributed by atoms with Crippen molar-refractivity contribution in [2.75, 3.05) is 5.32 Å². The summed E-state index contributed by atoms with van der Waals surface area (Å²) in [6.45, 7) is 0. The number of anilines is 1. The van der Waals surface area contributed by atoms with Gasteiger partial charge in [-0.1, -0.05) is 34.8 Å². The second-order valence-electron chi connectivity index (χ2n) is 4.99. The van der Waals surface area contributed by atoms with Crippen LogP contribution in [0.3, 0.4) is 0 Å². The molecule has 25 heavy (non-hydrogen) atoms. The van der Waals surface area contributed by atoms with Gasteiger partial charge < -0.3 is 0 Å². The number of hydrogen-bond donors (Lipinski definition) is 1. The highest BCUT2D eigenvalue weighted by Gasteiger charge is 2.14. The summed E-state index contributed by atoms with van der Waals surface area (Å²) in [6, 6.07) is 6.91. The van der Waals surface area contributed by atoms with Crippen LogP contribution in [0, 0.1) is 0 Å². The fourth-order valence-corrected chi connectivity index (χ4v) is 3.79. The molecule has 1 N–H and O–H groups in total. The van der Waals surface area contributed by atoms with Gasteiger partial charge in [0.05, 0.1) is 5.56 Å². The molecule has 1 aromatic carbocycles. The molecule has 0 aliphatic heterocycles.